The average Bonchev–Trinajstić information content (AvgIpc) is 3.19. The molecular formula is C21H20N4O2. The first-order chi connectivity index (χ1) is 13.0. The van der Waals surface area contributed by atoms with Gasteiger partial charge in [0.05, 0.1) is 29.7 Å². The summed E-state index contributed by atoms with van der Waals surface area (Å²) in [7, 11) is 0. The van der Waals surface area contributed by atoms with E-state index >= 15 is 0 Å². The number of aromatic amines is 1. The Balaban J connectivity index is 1.57. The van der Waals surface area contributed by atoms with Crippen LogP contribution in [0.2, 0.25) is 0 Å². The van der Waals surface area contributed by atoms with Gasteiger partial charge < -0.3 is 10.1 Å². The van der Waals surface area contributed by atoms with Gasteiger partial charge in [-0.25, -0.2) is 4.98 Å². The standard InChI is InChI=1S/C21H20N4O2/c1-13-17(11-20(26)27)14(2)25(24-13)12-15-7-9-16(10-8-15)21-22-18-5-3-4-6-19(18)23-21/h3-10H,11-12H2,1-2H3,(H,22,23)(H,26,27). The number of rotatable bonds is 5. The van der Waals surface area contributed by atoms with Gasteiger partial charge in [-0.1, -0.05) is 36.4 Å². The molecule has 2 aromatic heterocycles. The van der Waals surface area contributed by atoms with Crippen LogP contribution in [-0.4, -0.2) is 30.8 Å². The van der Waals surface area contributed by atoms with Gasteiger partial charge in [-0.15, -0.1) is 0 Å². The highest BCUT2D eigenvalue weighted by Crippen LogP contribution is 2.21. The van der Waals surface area contributed by atoms with Crippen molar-refractivity contribution >= 4 is 17.0 Å². The number of carboxylic acid groups (broad SMARTS) is 1. The highest BCUT2D eigenvalue weighted by Gasteiger charge is 2.14. The lowest BCUT2D eigenvalue weighted by atomic mass is 10.1. The van der Waals surface area contributed by atoms with Gasteiger partial charge in [0.25, 0.3) is 0 Å². The van der Waals surface area contributed by atoms with Crippen LogP contribution in [0.25, 0.3) is 22.4 Å². The summed E-state index contributed by atoms with van der Waals surface area (Å²) in [5, 5.41) is 13.6. The number of aryl methyl sites for hydroxylation is 1. The van der Waals surface area contributed by atoms with Crippen molar-refractivity contribution in [2.75, 3.05) is 0 Å². The van der Waals surface area contributed by atoms with Crippen LogP contribution in [0, 0.1) is 13.8 Å². The second-order valence-corrected chi connectivity index (χ2v) is 6.68. The monoisotopic (exact) mass is 360 g/mol. The average molecular weight is 360 g/mol. The van der Waals surface area contributed by atoms with Gasteiger partial charge in [0.2, 0.25) is 0 Å². The van der Waals surface area contributed by atoms with E-state index in [2.05, 4.69) is 27.2 Å². The molecule has 0 radical (unpaired) electrons. The van der Waals surface area contributed by atoms with Crippen molar-refractivity contribution in [3.8, 4) is 11.4 Å². The van der Waals surface area contributed by atoms with Crippen LogP contribution < -0.4 is 0 Å². The number of aliphatic carboxylic acids is 1. The molecule has 6 heteroatoms. The zero-order valence-electron chi connectivity index (χ0n) is 15.2. The molecule has 0 fully saturated rings. The lowest BCUT2D eigenvalue weighted by Gasteiger charge is -2.06. The number of nitrogens with one attached hydrogen (secondary N) is 1. The van der Waals surface area contributed by atoms with E-state index in [0.717, 1.165) is 44.9 Å². The summed E-state index contributed by atoms with van der Waals surface area (Å²) in [4.78, 5) is 19.0. The first-order valence-electron chi connectivity index (χ1n) is 8.80. The molecule has 6 nitrogen and oxygen atoms in total. The normalized spacial score (nSPS) is 11.2. The second kappa shape index (κ2) is 6.72. The molecule has 0 unspecified atom stereocenters. The number of para-hydroxylation sites is 2. The molecule has 27 heavy (non-hydrogen) atoms. The van der Waals surface area contributed by atoms with Crippen molar-refractivity contribution in [3.63, 3.8) is 0 Å². The summed E-state index contributed by atoms with van der Waals surface area (Å²) in [6, 6.07) is 16.1. The number of H-pyrrole nitrogens is 1. The Labute approximate surface area is 156 Å². The van der Waals surface area contributed by atoms with E-state index in [4.69, 9.17) is 5.11 Å². The molecule has 0 atom stereocenters. The van der Waals surface area contributed by atoms with Crippen molar-refractivity contribution in [2.24, 2.45) is 0 Å². The molecule has 2 aromatic carbocycles. The molecule has 0 aliphatic carbocycles. The molecule has 0 saturated carbocycles. The number of carboxylic acids is 1. The Bertz CT molecular complexity index is 1090. The van der Waals surface area contributed by atoms with Gasteiger partial charge in [0.1, 0.15) is 5.82 Å². The van der Waals surface area contributed by atoms with Crippen molar-refractivity contribution in [1.29, 1.82) is 0 Å². The summed E-state index contributed by atoms with van der Waals surface area (Å²) in [6.07, 6.45) is 0.00264. The Kier molecular flexibility index (Phi) is 4.24. The lowest BCUT2D eigenvalue weighted by molar-refractivity contribution is -0.136. The zero-order valence-corrected chi connectivity index (χ0v) is 15.2. The Morgan fingerprint density at radius 3 is 2.56 bits per heavy atom. The van der Waals surface area contributed by atoms with E-state index in [1.807, 2.05) is 54.9 Å². The zero-order chi connectivity index (χ0) is 19.0. The topological polar surface area (TPSA) is 83.8 Å². The first-order valence-corrected chi connectivity index (χ1v) is 8.80. The molecule has 2 N–H and O–H groups in total. The third-order valence-corrected chi connectivity index (χ3v) is 4.81. The van der Waals surface area contributed by atoms with Crippen molar-refractivity contribution in [3.05, 3.63) is 71.0 Å². The number of fused-ring (bicyclic) bond motifs is 1. The van der Waals surface area contributed by atoms with Crippen molar-refractivity contribution in [2.45, 2.75) is 26.8 Å². The maximum atomic E-state index is 11.0. The van der Waals surface area contributed by atoms with Crippen LogP contribution in [0.4, 0.5) is 0 Å². The number of hydrogen-bond acceptors (Lipinski definition) is 3. The minimum Gasteiger partial charge on any atom is -0.481 e. The van der Waals surface area contributed by atoms with Crippen LogP contribution in [0.3, 0.4) is 0 Å². The van der Waals surface area contributed by atoms with Crippen LogP contribution in [-0.2, 0) is 17.8 Å². The van der Waals surface area contributed by atoms with E-state index in [-0.39, 0.29) is 6.42 Å². The van der Waals surface area contributed by atoms with Crippen LogP contribution in [0.15, 0.2) is 48.5 Å². The molecule has 0 amide bonds. The molecular weight excluding hydrogens is 340 g/mol. The molecule has 4 aromatic rings. The molecule has 0 aliphatic heterocycles. The minimum atomic E-state index is -0.837. The number of aromatic nitrogens is 4. The number of benzene rings is 2. The number of imidazole rings is 1. The van der Waals surface area contributed by atoms with Crippen LogP contribution in [0.5, 0.6) is 0 Å². The Hall–Kier alpha value is -3.41. The molecule has 2 heterocycles. The predicted molar refractivity (Wildman–Crippen MR) is 104 cm³/mol. The molecule has 0 saturated heterocycles. The summed E-state index contributed by atoms with van der Waals surface area (Å²) in [5.41, 5.74) is 6.55. The molecule has 0 aliphatic rings. The fourth-order valence-electron chi connectivity index (χ4n) is 3.33. The summed E-state index contributed by atoms with van der Waals surface area (Å²) in [5.74, 6) is 0.00791. The maximum Gasteiger partial charge on any atom is 0.307 e. The van der Waals surface area contributed by atoms with Gasteiger partial charge >= 0.3 is 5.97 Å². The van der Waals surface area contributed by atoms with Gasteiger partial charge in [-0.2, -0.15) is 5.10 Å². The van der Waals surface area contributed by atoms with Crippen molar-refractivity contribution < 1.29 is 9.90 Å². The van der Waals surface area contributed by atoms with Gasteiger partial charge in [0, 0.05) is 16.8 Å². The maximum absolute atomic E-state index is 11.0. The van der Waals surface area contributed by atoms with Gasteiger partial charge in [-0.05, 0) is 31.5 Å². The van der Waals surface area contributed by atoms with Crippen LogP contribution in [0.1, 0.15) is 22.5 Å². The van der Waals surface area contributed by atoms with E-state index in [0.29, 0.717) is 6.54 Å². The lowest BCUT2D eigenvalue weighted by Crippen LogP contribution is -2.06. The molecule has 0 bridgehead atoms. The third kappa shape index (κ3) is 3.33. The van der Waals surface area contributed by atoms with Gasteiger partial charge in [0.15, 0.2) is 0 Å². The fraction of sp³-hybridized carbons (Fsp3) is 0.190. The largest absolute Gasteiger partial charge is 0.481 e. The van der Waals surface area contributed by atoms with E-state index in [1.54, 1.807) is 0 Å². The second-order valence-electron chi connectivity index (χ2n) is 6.68. The van der Waals surface area contributed by atoms with E-state index in [1.165, 1.54) is 0 Å². The van der Waals surface area contributed by atoms with Gasteiger partial charge in [-0.3, -0.25) is 9.48 Å². The minimum absolute atomic E-state index is 0.00264. The first kappa shape index (κ1) is 17.0. The highest BCUT2D eigenvalue weighted by atomic mass is 16.4. The van der Waals surface area contributed by atoms with Crippen molar-refractivity contribution in [1.82, 2.24) is 19.7 Å². The molecule has 136 valence electrons. The molecule has 0 spiro atoms. The number of hydrogen-bond donors (Lipinski definition) is 2. The molecule has 4 rings (SSSR count). The fourth-order valence-corrected chi connectivity index (χ4v) is 3.33. The van der Waals surface area contributed by atoms with E-state index < -0.39 is 5.97 Å². The van der Waals surface area contributed by atoms with Crippen LogP contribution >= 0.6 is 0 Å². The predicted octanol–water partition coefficient (Wildman–Crippen LogP) is 3.72. The Morgan fingerprint density at radius 1 is 1.11 bits per heavy atom. The van der Waals surface area contributed by atoms with E-state index in [9.17, 15) is 4.79 Å². The number of carbonyl (C=O) groups is 1. The Morgan fingerprint density at radius 2 is 1.85 bits per heavy atom. The number of nitrogens with zero attached hydrogens (tertiary/aromatic N) is 3. The quantitative estimate of drug-likeness (QED) is 0.568. The summed E-state index contributed by atoms with van der Waals surface area (Å²) >= 11 is 0. The summed E-state index contributed by atoms with van der Waals surface area (Å²) < 4.78 is 1.86. The smallest absolute Gasteiger partial charge is 0.307 e. The highest BCUT2D eigenvalue weighted by molar-refractivity contribution is 5.79. The summed E-state index contributed by atoms with van der Waals surface area (Å²) in [6.45, 7) is 4.38. The SMILES string of the molecule is Cc1nn(Cc2ccc(-c3nc4ccccc4[nH]3)cc2)c(C)c1CC(=O)O. The third-order valence-electron chi connectivity index (χ3n) is 4.81.